The van der Waals surface area contributed by atoms with Gasteiger partial charge < -0.3 is 20.1 Å². The molecule has 180 valence electrons. The Labute approximate surface area is 200 Å². The summed E-state index contributed by atoms with van der Waals surface area (Å²) in [5, 5.41) is 11.7. The number of carbonyl (C=O) groups is 3. The highest BCUT2D eigenvalue weighted by Gasteiger charge is 2.29. The molecule has 0 spiro atoms. The maximum atomic E-state index is 12.4. The number of fused-ring (bicyclic) bond motifs is 3. The molecule has 34 heavy (non-hydrogen) atoms. The summed E-state index contributed by atoms with van der Waals surface area (Å²) in [6.07, 6.45) is 3.08. The van der Waals surface area contributed by atoms with Gasteiger partial charge in [0.15, 0.2) is 0 Å². The van der Waals surface area contributed by atoms with Gasteiger partial charge in [0.2, 0.25) is 5.91 Å². The van der Waals surface area contributed by atoms with Crippen LogP contribution in [0.25, 0.3) is 11.1 Å². The number of hydrogen-bond acceptors (Lipinski definition) is 4. The maximum Gasteiger partial charge on any atom is 0.407 e. The van der Waals surface area contributed by atoms with Crippen molar-refractivity contribution in [3.05, 3.63) is 59.7 Å². The Morgan fingerprint density at radius 1 is 0.941 bits per heavy atom. The molecule has 1 aliphatic carbocycles. The summed E-state index contributed by atoms with van der Waals surface area (Å²) in [5.41, 5.74) is 4.76. The number of carboxylic acid groups (broad SMARTS) is 1. The molecule has 7 heteroatoms. The Kier molecular flexibility index (Phi) is 7.83. The van der Waals surface area contributed by atoms with Crippen molar-refractivity contribution >= 4 is 18.0 Å². The second-order valence-electron chi connectivity index (χ2n) is 9.13. The van der Waals surface area contributed by atoms with Gasteiger partial charge >= 0.3 is 12.1 Å². The minimum absolute atomic E-state index is 0.0374. The number of amides is 2. The van der Waals surface area contributed by atoms with Gasteiger partial charge in [0, 0.05) is 38.4 Å². The summed E-state index contributed by atoms with van der Waals surface area (Å²) < 4.78 is 5.53. The van der Waals surface area contributed by atoms with Crippen LogP contribution in [0.5, 0.6) is 0 Å². The third-order valence-corrected chi connectivity index (χ3v) is 6.86. The van der Waals surface area contributed by atoms with Crippen molar-refractivity contribution in [2.45, 2.75) is 44.4 Å². The van der Waals surface area contributed by atoms with E-state index in [1.54, 1.807) is 0 Å². The molecule has 0 aromatic heterocycles. The largest absolute Gasteiger partial charge is 0.481 e. The first-order chi connectivity index (χ1) is 16.5. The van der Waals surface area contributed by atoms with Crippen molar-refractivity contribution in [2.75, 3.05) is 26.2 Å². The van der Waals surface area contributed by atoms with Crippen molar-refractivity contribution in [1.29, 1.82) is 0 Å². The standard InChI is InChI=1S/C27H32N2O5/c30-25(29-15-12-19(13-16-29)17-26(31)32)11-5-6-14-28-27(33)34-18-24-22-9-3-1-7-20(22)21-8-2-4-10-23(21)24/h1-4,7-10,19,24H,5-6,11-18H2,(H,28,33)(H,31,32). The van der Waals surface area contributed by atoms with Crippen molar-refractivity contribution in [2.24, 2.45) is 5.92 Å². The molecule has 2 aromatic rings. The topological polar surface area (TPSA) is 95.9 Å². The number of benzene rings is 2. The van der Waals surface area contributed by atoms with Gasteiger partial charge in [-0.3, -0.25) is 9.59 Å². The van der Waals surface area contributed by atoms with Crippen LogP contribution in [0.1, 0.15) is 55.6 Å². The van der Waals surface area contributed by atoms with Gasteiger partial charge in [-0.25, -0.2) is 4.79 Å². The number of alkyl carbamates (subject to hydrolysis) is 1. The Hall–Kier alpha value is -3.35. The molecule has 1 heterocycles. The van der Waals surface area contributed by atoms with Crippen LogP contribution >= 0.6 is 0 Å². The van der Waals surface area contributed by atoms with Crippen LogP contribution < -0.4 is 5.32 Å². The number of nitrogens with one attached hydrogen (secondary N) is 1. The maximum absolute atomic E-state index is 12.4. The van der Waals surface area contributed by atoms with Crippen LogP contribution in [-0.2, 0) is 14.3 Å². The van der Waals surface area contributed by atoms with Crippen molar-refractivity contribution in [3.63, 3.8) is 0 Å². The molecule has 0 radical (unpaired) electrons. The zero-order chi connectivity index (χ0) is 23.9. The lowest BCUT2D eigenvalue weighted by molar-refractivity contribution is -0.138. The Bertz CT molecular complexity index is 984. The van der Waals surface area contributed by atoms with Crippen LogP contribution in [-0.4, -0.2) is 54.2 Å². The lowest BCUT2D eigenvalue weighted by Crippen LogP contribution is -2.38. The van der Waals surface area contributed by atoms with Gasteiger partial charge in [-0.2, -0.15) is 0 Å². The number of carboxylic acids is 1. The number of unbranched alkanes of at least 4 members (excludes halogenated alkanes) is 1. The highest BCUT2D eigenvalue weighted by molar-refractivity contribution is 5.79. The van der Waals surface area contributed by atoms with E-state index in [9.17, 15) is 14.4 Å². The first-order valence-corrected chi connectivity index (χ1v) is 12.1. The van der Waals surface area contributed by atoms with Crippen LogP contribution in [0.15, 0.2) is 48.5 Å². The van der Waals surface area contributed by atoms with Crippen LogP contribution in [0.3, 0.4) is 0 Å². The van der Waals surface area contributed by atoms with E-state index in [-0.39, 0.29) is 30.8 Å². The summed E-state index contributed by atoms with van der Waals surface area (Å²) in [6.45, 7) is 2.02. The second-order valence-corrected chi connectivity index (χ2v) is 9.13. The highest BCUT2D eigenvalue weighted by Crippen LogP contribution is 2.44. The Morgan fingerprint density at radius 3 is 2.18 bits per heavy atom. The van der Waals surface area contributed by atoms with Gasteiger partial charge in [-0.15, -0.1) is 0 Å². The SMILES string of the molecule is O=C(O)CC1CCN(C(=O)CCCCNC(=O)OCC2c3ccccc3-c3ccccc32)CC1. The lowest BCUT2D eigenvalue weighted by Gasteiger charge is -2.31. The quantitative estimate of drug-likeness (QED) is 0.536. The summed E-state index contributed by atoms with van der Waals surface area (Å²) in [4.78, 5) is 37.2. The molecule has 0 saturated carbocycles. The predicted molar refractivity (Wildman–Crippen MR) is 128 cm³/mol. The number of hydrogen-bond donors (Lipinski definition) is 2. The lowest BCUT2D eigenvalue weighted by atomic mass is 9.93. The fourth-order valence-corrected chi connectivity index (χ4v) is 5.03. The highest BCUT2D eigenvalue weighted by atomic mass is 16.5. The second kappa shape index (κ2) is 11.2. The molecule has 7 nitrogen and oxygen atoms in total. The van der Waals surface area contributed by atoms with Crippen LogP contribution in [0, 0.1) is 5.92 Å². The Balaban J connectivity index is 1.13. The molecule has 0 unspecified atom stereocenters. The summed E-state index contributed by atoms with van der Waals surface area (Å²) in [5.74, 6) is -0.457. The first kappa shape index (κ1) is 23.8. The third-order valence-electron chi connectivity index (χ3n) is 6.86. The fraction of sp³-hybridized carbons (Fsp3) is 0.444. The minimum atomic E-state index is -0.770. The molecule has 2 N–H and O–H groups in total. The normalized spacial score (nSPS) is 15.5. The minimum Gasteiger partial charge on any atom is -0.481 e. The van der Waals surface area contributed by atoms with Gasteiger partial charge in [-0.1, -0.05) is 48.5 Å². The molecule has 0 atom stereocenters. The number of ether oxygens (including phenoxy) is 1. The average molecular weight is 465 g/mol. The van der Waals surface area contributed by atoms with E-state index in [1.165, 1.54) is 22.3 Å². The van der Waals surface area contributed by atoms with Gasteiger partial charge in [0.1, 0.15) is 6.61 Å². The third kappa shape index (κ3) is 5.76. The van der Waals surface area contributed by atoms with Gasteiger partial charge in [-0.05, 0) is 53.9 Å². The van der Waals surface area contributed by atoms with Crippen molar-refractivity contribution < 1.29 is 24.2 Å². The molecule has 1 aliphatic heterocycles. The van der Waals surface area contributed by atoms with E-state index in [0.29, 0.717) is 38.9 Å². The fourth-order valence-electron chi connectivity index (χ4n) is 5.03. The number of nitrogens with zero attached hydrogens (tertiary/aromatic N) is 1. The van der Waals surface area contributed by atoms with E-state index in [1.807, 2.05) is 29.2 Å². The monoisotopic (exact) mass is 464 g/mol. The smallest absolute Gasteiger partial charge is 0.407 e. The van der Waals surface area contributed by atoms with E-state index in [0.717, 1.165) is 12.8 Å². The van der Waals surface area contributed by atoms with E-state index < -0.39 is 12.1 Å². The van der Waals surface area contributed by atoms with Crippen LogP contribution in [0.2, 0.25) is 0 Å². The zero-order valence-electron chi connectivity index (χ0n) is 19.4. The van der Waals surface area contributed by atoms with Crippen molar-refractivity contribution in [1.82, 2.24) is 10.2 Å². The Morgan fingerprint density at radius 2 is 1.56 bits per heavy atom. The molecular weight excluding hydrogens is 432 g/mol. The molecule has 2 aliphatic rings. The van der Waals surface area contributed by atoms with E-state index >= 15 is 0 Å². The van der Waals surface area contributed by atoms with E-state index in [4.69, 9.17) is 9.84 Å². The van der Waals surface area contributed by atoms with Gasteiger partial charge in [0.25, 0.3) is 0 Å². The first-order valence-electron chi connectivity index (χ1n) is 12.1. The van der Waals surface area contributed by atoms with E-state index in [2.05, 4.69) is 29.6 Å². The predicted octanol–water partition coefficient (Wildman–Crippen LogP) is 4.41. The summed E-state index contributed by atoms with van der Waals surface area (Å²) in [7, 11) is 0. The molecule has 1 fully saturated rings. The summed E-state index contributed by atoms with van der Waals surface area (Å²) >= 11 is 0. The number of carbonyl (C=O) groups excluding carboxylic acids is 2. The molecule has 1 saturated heterocycles. The van der Waals surface area contributed by atoms with Crippen LogP contribution in [0.4, 0.5) is 4.79 Å². The van der Waals surface area contributed by atoms with Gasteiger partial charge in [0.05, 0.1) is 0 Å². The number of piperidine rings is 1. The number of aliphatic carboxylic acids is 1. The summed E-state index contributed by atoms with van der Waals surface area (Å²) in [6, 6.07) is 16.5. The number of rotatable bonds is 9. The molecule has 2 aromatic carbocycles. The molecule has 4 rings (SSSR count). The molecule has 0 bridgehead atoms. The van der Waals surface area contributed by atoms with Crippen molar-refractivity contribution in [3.8, 4) is 11.1 Å². The average Bonchev–Trinajstić information content (AvgIpc) is 3.16. The zero-order valence-corrected chi connectivity index (χ0v) is 19.4. The number of likely N-dealkylation sites (tertiary alicyclic amines) is 1. The molecule has 2 amide bonds. The molecular formula is C27H32N2O5.